The molecular weight excluding hydrogens is 223 g/mol. The highest BCUT2D eigenvalue weighted by Crippen LogP contribution is 2.28. The van der Waals surface area contributed by atoms with Gasteiger partial charge in [-0.2, -0.15) is 0 Å². The molecule has 0 N–H and O–H groups in total. The lowest BCUT2D eigenvalue weighted by Gasteiger charge is -2.15. The van der Waals surface area contributed by atoms with E-state index in [1.54, 1.807) is 5.57 Å². The number of halogens is 1. The molecule has 0 heterocycles. The lowest BCUT2D eigenvalue weighted by molar-refractivity contribution is 0.628. The van der Waals surface area contributed by atoms with E-state index < -0.39 is 0 Å². The van der Waals surface area contributed by atoms with Crippen LogP contribution in [0.1, 0.15) is 24.8 Å². The Labute approximate surface area is 107 Å². The van der Waals surface area contributed by atoms with Crippen molar-refractivity contribution in [1.82, 2.24) is 0 Å². The smallest absolute Gasteiger partial charge is 0.123 e. The third-order valence-electron chi connectivity index (χ3n) is 3.45. The zero-order valence-corrected chi connectivity index (χ0v) is 10.2. The second-order valence-electron chi connectivity index (χ2n) is 4.79. The third-order valence-corrected chi connectivity index (χ3v) is 3.45. The zero-order chi connectivity index (χ0) is 12.4. The van der Waals surface area contributed by atoms with Gasteiger partial charge < -0.3 is 0 Å². The van der Waals surface area contributed by atoms with Crippen molar-refractivity contribution in [3.8, 4) is 11.1 Å². The van der Waals surface area contributed by atoms with Crippen LogP contribution in [-0.2, 0) is 0 Å². The minimum absolute atomic E-state index is 0.190. The van der Waals surface area contributed by atoms with E-state index in [2.05, 4.69) is 30.3 Å². The summed E-state index contributed by atoms with van der Waals surface area (Å²) in [6, 6.07) is 15.1. The van der Waals surface area contributed by atoms with Crippen molar-refractivity contribution in [3.63, 3.8) is 0 Å². The summed E-state index contributed by atoms with van der Waals surface area (Å²) < 4.78 is 12.8. The molecule has 1 fully saturated rings. The normalized spacial score (nSPS) is 14.2. The molecule has 0 saturated heterocycles. The molecule has 2 aromatic carbocycles. The Bertz CT molecular complexity index is 556. The second-order valence-corrected chi connectivity index (χ2v) is 4.79. The van der Waals surface area contributed by atoms with Gasteiger partial charge in [0.15, 0.2) is 0 Å². The highest BCUT2D eigenvalue weighted by Gasteiger charge is 2.07. The van der Waals surface area contributed by atoms with Gasteiger partial charge in [-0.3, -0.25) is 0 Å². The van der Waals surface area contributed by atoms with Crippen LogP contribution < -0.4 is 0 Å². The Hall–Kier alpha value is -1.89. The monoisotopic (exact) mass is 238 g/mol. The maximum Gasteiger partial charge on any atom is 0.123 e. The van der Waals surface area contributed by atoms with Gasteiger partial charge in [-0.1, -0.05) is 48.0 Å². The average Bonchev–Trinajstić information content (AvgIpc) is 2.36. The molecule has 0 nitrogen and oxygen atoms in total. The molecule has 90 valence electrons. The number of allylic oxidation sites excluding steroid dienone is 1. The van der Waals surface area contributed by atoms with Crippen LogP contribution in [0.5, 0.6) is 0 Å². The van der Waals surface area contributed by atoms with Gasteiger partial charge in [-0.25, -0.2) is 4.39 Å². The van der Waals surface area contributed by atoms with Gasteiger partial charge in [-0.15, -0.1) is 0 Å². The Kier molecular flexibility index (Phi) is 2.97. The largest absolute Gasteiger partial charge is 0.207 e. The van der Waals surface area contributed by atoms with Crippen LogP contribution in [0.3, 0.4) is 0 Å². The molecule has 0 radical (unpaired) electrons. The minimum atomic E-state index is -0.190. The van der Waals surface area contributed by atoms with Crippen molar-refractivity contribution in [2.45, 2.75) is 19.3 Å². The Morgan fingerprint density at radius 3 is 1.83 bits per heavy atom. The predicted molar refractivity (Wildman–Crippen MR) is 73.7 cm³/mol. The lowest BCUT2D eigenvalue weighted by atomic mass is 9.90. The van der Waals surface area contributed by atoms with E-state index in [1.807, 2.05) is 12.1 Å². The third kappa shape index (κ3) is 2.35. The standard InChI is InChI=1S/C17H15F/c18-17-10-8-16(9-11-17)15-6-4-14(5-7-15)12-13-2-1-3-13/h4-12H,1-3H2. The van der Waals surface area contributed by atoms with Crippen molar-refractivity contribution >= 4 is 6.08 Å². The molecule has 0 aliphatic heterocycles. The van der Waals surface area contributed by atoms with Crippen molar-refractivity contribution in [3.05, 3.63) is 65.5 Å². The van der Waals surface area contributed by atoms with Crippen LogP contribution in [0.15, 0.2) is 54.1 Å². The van der Waals surface area contributed by atoms with Crippen molar-refractivity contribution in [1.29, 1.82) is 0 Å². The summed E-state index contributed by atoms with van der Waals surface area (Å²) in [6.07, 6.45) is 6.11. The molecule has 1 aliphatic carbocycles. The summed E-state index contributed by atoms with van der Waals surface area (Å²) in [5.74, 6) is -0.190. The maximum atomic E-state index is 12.8. The fraction of sp³-hybridized carbons (Fsp3) is 0.176. The molecular formula is C17H15F. The molecule has 0 unspecified atom stereocenters. The quantitative estimate of drug-likeness (QED) is 0.686. The summed E-state index contributed by atoms with van der Waals surface area (Å²) in [5, 5.41) is 0. The molecule has 0 aromatic heterocycles. The first-order valence-corrected chi connectivity index (χ1v) is 6.37. The van der Waals surface area contributed by atoms with Crippen molar-refractivity contribution in [2.75, 3.05) is 0 Å². The van der Waals surface area contributed by atoms with Crippen LogP contribution >= 0.6 is 0 Å². The Morgan fingerprint density at radius 1 is 0.778 bits per heavy atom. The summed E-state index contributed by atoms with van der Waals surface area (Å²) in [6.45, 7) is 0. The summed E-state index contributed by atoms with van der Waals surface area (Å²) >= 11 is 0. The van der Waals surface area contributed by atoms with Gasteiger partial charge in [0.05, 0.1) is 0 Å². The van der Waals surface area contributed by atoms with Gasteiger partial charge in [0.1, 0.15) is 5.82 Å². The first-order valence-electron chi connectivity index (χ1n) is 6.37. The molecule has 0 bridgehead atoms. The van der Waals surface area contributed by atoms with Crippen LogP contribution in [-0.4, -0.2) is 0 Å². The van der Waals surface area contributed by atoms with Gasteiger partial charge in [0.2, 0.25) is 0 Å². The topological polar surface area (TPSA) is 0 Å². The van der Waals surface area contributed by atoms with E-state index in [4.69, 9.17) is 0 Å². The summed E-state index contributed by atoms with van der Waals surface area (Å²) in [7, 11) is 0. The molecule has 0 spiro atoms. The predicted octanol–water partition coefficient (Wildman–Crippen LogP) is 5.06. The first kappa shape index (κ1) is 11.2. The van der Waals surface area contributed by atoms with Gasteiger partial charge in [0, 0.05) is 0 Å². The fourth-order valence-corrected chi connectivity index (χ4v) is 2.18. The first-order chi connectivity index (χ1) is 8.81. The molecule has 3 rings (SSSR count). The Balaban J connectivity index is 1.84. The van der Waals surface area contributed by atoms with Crippen molar-refractivity contribution < 1.29 is 4.39 Å². The van der Waals surface area contributed by atoms with E-state index in [-0.39, 0.29) is 5.82 Å². The Morgan fingerprint density at radius 2 is 1.33 bits per heavy atom. The van der Waals surface area contributed by atoms with Crippen LogP contribution in [0.2, 0.25) is 0 Å². The summed E-state index contributed by atoms with van der Waals surface area (Å²) in [4.78, 5) is 0. The highest BCUT2D eigenvalue weighted by molar-refractivity contribution is 5.66. The minimum Gasteiger partial charge on any atom is -0.207 e. The van der Waals surface area contributed by atoms with Crippen LogP contribution in [0.25, 0.3) is 17.2 Å². The highest BCUT2D eigenvalue weighted by atomic mass is 19.1. The molecule has 0 atom stereocenters. The number of hydrogen-bond acceptors (Lipinski definition) is 0. The number of rotatable bonds is 2. The molecule has 18 heavy (non-hydrogen) atoms. The second kappa shape index (κ2) is 4.77. The number of benzene rings is 2. The molecule has 1 aliphatic rings. The fourth-order valence-electron chi connectivity index (χ4n) is 2.18. The summed E-state index contributed by atoms with van der Waals surface area (Å²) in [5.41, 5.74) is 4.99. The average molecular weight is 238 g/mol. The lowest BCUT2D eigenvalue weighted by Crippen LogP contribution is -1.95. The molecule has 2 aromatic rings. The van der Waals surface area contributed by atoms with Crippen LogP contribution in [0.4, 0.5) is 4.39 Å². The molecule has 0 amide bonds. The van der Waals surface area contributed by atoms with Crippen molar-refractivity contribution in [2.24, 2.45) is 0 Å². The van der Waals surface area contributed by atoms with Crippen LogP contribution in [0, 0.1) is 5.82 Å². The van der Waals surface area contributed by atoms with E-state index in [9.17, 15) is 4.39 Å². The van der Waals surface area contributed by atoms with E-state index >= 15 is 0 Å². The van der Waals surface area contributed by atoms with Gasteiger partial charge in [-0.05, 0) is 48.1 Å². The number of hydrogen-bond donors (Lipinski definition) is 0. The maximum absolute atomic E-state index is 12.8. The molecule has 1 saturated carbocycles. The van der Waals surface area contributed by atoms with E-state index in [0.717, 1.165) is 11.1 Å². The molecule has 1 heteroatoms. The SMILES string of the molecule is Fc1ccc(-c2ccc(C=C3CCC3)cc2)cc1. The van der Waals surface area contributed by atoms with E-state index in [1.165, 1.54) is 37.0 Å². The van der Waals surface area contributed by atoms with Gasteiger partial charge >= 0.3 is 0 Å². The zero-order valence-electron chi connectivity index (χ0n) is 10.2. The van der Waals surface area contributed by atoms with E-state index in [0.29, 0.717) is 0 Å². The van der Waals surface area contributed by atoms with Gasteiger partial charge in [0.25, 0.3) is 0 Å².